The Bertz CT molecular complexity index is 288. The van der Waals surface area contributed by atoms with E-state index in [0.29, 0.717) is 18.8 Å². The fraction of sp³-hybridized carbons (Fsp3) is 0.929. The summed E-state index contributed by atoms with van der Waals surface area (Å²) in [7, 11) is 0. The van der Waals surface area contributed by atoms with Crippen molar-refractivity contribution in [2.24, 2.45) is 17.4 Å². The Labute approximate surface area is 109 Å². The molecule has 0 aromatic heterocycles. The molecular formula is C14H26N2O2. The number of carbonyl (C=O) groups is 1. The average molecular weight is 254 g/mol. The summed E-state index contributed by atoms with van der Waals surface area (Å²) < 4.78 is 5.96. The molecule has 0 saturated heterocycles. The van der Waals surface area contributed by atoms with Crippen LogP contribution in [0.4, 0.5) is 0 Å². The molecule has 0 aliphatic heterocycles. The lowest BCUT2D eigenvalue weighted by Gasteiger charge is -2.21. The van der Waals surface area contributed by atoms with E-state index >= 15 is 0 Å². The van der Waals surface area contributed by atoms with Gasteiger partial charge in [-0.05, 0) is 31.6 Å². The average Bonchev–Trinajstić information content (AvgIpc) is 2.58. The van der Waals surface area contributed by atoms with Gasteiger partial charge < -0.3 is 16.2 Å². The van der Waals surface area contributed by atoms with Crippen LogP contribution < -0.4 is 11.5 Å². The van der Waals surface area contributed by atoms with Crippen molar-refractivity contribution in [2.75, 3.05) is 6.61 Å². The molecule has 4 nitrogen and oxygen atoms in total. The van der Waals surface area contributed by atoms with E-state index in [0.717, 1.165) is 13.0 Å². The van der Waals surface area contributed by atoms with Gasteiger partial charge in [0, 0.05) is 13.0 Å². The number of hydrogen-bond donors (Lipinski definition) is 2. The van der Waals surface area contributed by atoms with E-state index in [4.69, 9.17) is 16.2 Å². The number of primary amides is 1. The highest BCUT2D eigenvalue weighted by molar-refractivity contribution is 5.84. The van der Waals surface area contributed by atoms with Crippen LogP contribution in [-0.2, 0) is 9.53 Å². The third-order valence-corrected chi connectivity index (χ3v) is 4.54. The van der Waals surface area contributed by atoms with E-state index in [1.807, 2.05) is 0 Å². The Hall–Kier alpha value is -0.610. The van der Waals surface area contributed by atoms with Crippen LogP contribution in [0.15, 0.2) is 0 Å². The van der Waals surface area contributed by atoms with Crippen LogP contribution in [0.25, 0.3) is 0 Å². The second-order valence-corrected chi connectivity index (χ2v) is 6.08. The summed E-state index contributed by atoms with van der Waals surface area (Å²) in [4.78, 5) is 11.3. The maximum absolute atomic E-state index is 11.3. The van der Waals surface area contributed by atoms with Crippen LogP contribution in [0.5, 0.6) is 0 Å². The molecule has 2 aliphatic rings. The predicted octanol–water partition coefficient (Wildman–Crippen LogP) is 1.71. The van der Waals surface area contributed by atoms with Crippen molar-refractivity contribution in [2.45, 2.75) is 69.4 Å². The standard InChI is InChI=1S/C14H26N2O2/c15-13(17)14(16)8-7-12(9-14)18-10-11-5-3-1-2-4-6-11/h11-12H,1-10,16H2,(H2,15,17). The Morgan fingerprint density at radius 1 is 1.17 bits per heavy atom. The van der Waals surface area contributed by atoms with Crippen molar-refractivity contribution in [1.29, 1.82) is 0 Å². The molecule has 0 aromatic carbocycles. The summed E-state index contributed by atoms with van der Waals surface area (Å²) in [6.07, 6.45) is 10.2. The summed E-state index contributed by atoms with van der Waals surface area (Å²) in [5.74, 6) is 0.317. The molecule has 0 radical (unpaired) electrons. The Kier molecular flexibility index (Phi) is 4.62. The number of ether oxygens (including phenoxy) is 1. The first kappa shape index (κ1) is 13.8. The molecular weight excluding hydrogens is 228 g/mol. The molecule has 4 heteroatoms. The molecule has 0 bridgehead atoms. The van der Waals surface area contributed by atoms with Crippen LogP contribution in [0.2, 0.25) is 0 Å². The van der Waals surface area contributed by atoms with Crippen LogP contribution in [0.3, 0.4) is 0 Å². The summed E-state index contributed by atoms with van der Waals surface area (Å²) in [6, 6.07) is 0. The molecule has 2 rings (SSSR count). The quantitative estimate of drug-likeness (QED) is 0.750. The van der Waals surface area contributed by atoms with E-state index in [9.17, 15) is 4.79 Å². The zero-order valence-corrected chi connectivity index (χ0v) is 11.2. The first-order valence-corrected chi connectivity index (χ1v) is 7.30. The SMILES string of the molecule is NC(=O)C1(N)CCC(OCC2CCCCCC2)C1. The van der Waals surface area contributed by atoms with Gasteiger partial charge in [-0.2, -0.15) is 0 Å². The predicted molar refractivity (Wildman–Crippen MR) is 70.9 cm³/mol. The van der Waals surface area contributed by atoms with Crippen LogP contribution in [-0.4, -0.2) is 24.2 Å². The first-order chi connectivity index (χ1) is 8.60. The molecule has 18 heavy (non-hydrogen) atoms. The number of rotatable bonds is 4. The monoisotopic (exact) mass is 254 g/mol. The van der Waals surface area contributed by atoms with Crippen molar-refractivity contribution in [3.8, 4) is 0 Å². The molecule has 2 saturated carbocycles. The lowest BCUT2D eigenvalue weighted by molar-refractivity contribution is -0.123. The molecule has 1 amide bonds. The Morgan fingerprint density at radius 2 is 1.83 bits per heavy atom. The van der Waals surface area contributed by atoms with Crippen LogP contribution in [0.1, 0.15) is 57.8 Å². The van der Waals surface area contributed by atoms with Gasteiger partial charge in [0.15, 0.2) is 0 Å². The van der Waals surface area contributed by atoms with E-state index in [-0.39, 0.29) is 12.0 Å². The van der Waals surface area contributed by atoms with Crippen molar-refractivity contribution < 1.29 is 9.53 Å². The smallest absolute Gasteiger partial charge is 0.237 e. The van der Waals surface area contributed by atoms with E-state index in [1.54, 1.807) is 0 Å². The molecule has 2 unspecified atom stereocenters. The minimum atomic E-state index is -0.825. The Balaban J connectivity index is 1.73. The molecule has 4 N–H and O–H groups in total. The van der Waals surface area contributed by atoms with Gasteiger partial charge in [0.2, 0.25) is 5.91 Å². The van der Waals surface area contributed by atoms with E-state index in [1.165, 1.54) is 38.5 Å². The second-order valence-electron chi connectivity index (χ2n) is 6.08. The van der Waals surface area contributed by atoms with Gasteiger partial charge >= 0.3 is 0 Å². The zero-order valence-electron chi connectivity index (χ0n) is 11.2. The van der Waals surface area contributed by atoms with Gasteiger partial charge in [-0.25, -0.2) is 0 Å². The normalized spacial score (nSPS) is 34.4. The van der Waals surface area contributed by atoms with E-state index in [2.05, 4.69) is 0 Å². The van der Waals surface area contributed by atoms with Gasteiger partial charge in [-0.1, -0.05) is 25.7 Å². The second kappa shape index (κ2) is 6.02. The molecule has 2 fully saturated rings. The molecule has 2 aliphatic carbocycles. The third-order valence-electron chi connectivity index (χ3n) is 4.54. The van der Waals surface area contributed by atoms with Crippen LogP contribution >= 0.6 is 0 Å². The number of hydrogen-bond acceptors (Lipinski definition) is 3. The topological polar surface area (TPSA) is 78.3 Å². The lowest BCUT2D eigenvalue weighted by atomic mass is 9.98. The largest absolute Gasteiger partial charge is 0.378 e. The summed E-state index contributed by atoms with van der Waals surface area (Å²) >= 11 is 0. The maximum atomic E-state index is 11.3. The van der Waals surface area contributed by atoms with Gasteiger partial charge in [0.25, 0.3) is 0 Å². The number of amides is 1. The zero-order chi connectivity index (χ0) is 13.0. The number of nitrogens with two attached hydrogens (primary N) is 2. The van der Waals surface area contributed by atoms with Crippen molar-refractivity contribution in [3.63, 3.8) is 0 Å². The third kappa shape index (κ3) is 3.45. The summed E-state index contributed by atoms with van der Waals surface area (Å²) in [5, 5.41) is 0. The Morgan fingerprint density at radius 3 is 2.39 bits per heavy atom. The minimum absolute atomic E-state index is 0.130. The van der Waals surface area contributed by atoms with Crippen LogP contribution in [0, 0.1) is 5.92 Å². The molecule has 0 heterocycles. The molecule has 0 spiro atoms. The molecule has 0 aromatic rings. The fourth-order valence-corrected chi connectivity index (χ4v) is 3.20. The fourth-order valence-electron chi connectivity index (χ4n) is 3.20. The van der Waals surface area contributed by atoms with E-state index < -0.39 is 5.54 Å². The van der Waals surface area contributed by atoms with Crippen molar-refractivity contribution in [1.82, 2.24) is 0 Å². The van der Waals surface area contributed by atoms with Crippen molar-refractivity contribution in [3.05, 3.63) is 0 Å². The minimum Gasteiger partial charge on any atom is -0.378 e. The van der Waals surface area contributed by atoms with Gasteiger partial charge in [-0.15, -0.1) is 0 Å². The highest BCUT2D eigenvalue weighted by Gasteiger charge is 2.41. The number of carbonyl (C=O) groups excluding carboxylic acids is 1. The maximum Gasteiger partial charge on any atom is 0.237 e. The van der Waals surface area contributed by atoms with Gasteiger partial charge in [0.1, 0.15) is 0 Å². The van der Waals surface area contributed by atoms with Gasteiger partial charge in [0.05, 0.1) is 11.6 Å². The first-order valence-electron chi connectivity index (χ1n) is 7.30. The molecule has 104 valence electrons. The summed E-state index contributed by atoms with van der Waals surface area (Å²) in [5.41, 5.74) is 10.5. The summed E-state index contributed by atoms with van der Waals surface area (Å²) in [6.45, 7) is 0.833. The molecule has 2 atom stereocenters. The lowest BCUT2D eigenvalue weighted by Crippen LogP contribution is -2.50. The van der Waals surface area contributed by atoms with Crippen molar-refractivity contribution >= 4 is 5.91 Å². The highest BCUT2D eigenvalue weighted by atomic mass is 16.5. The van der Waals surface area contributed by atoms with Gasteiger partial charge in [-0.3, -0.25) is 4.79 Å². The highest BCUT2D eigenvalue weighted by Crippen LogP contribution is 2.31.